The minimum absolute atomic E-state index is 0.0144. The highest BCUT2D eigenvalue weighted by atomic mass is 35.5. The molecule has 4 heterocycles. The van der Waals surface area contributed by atoms with E-state index in [0.717, 1.165) is 24.0 Å². The molecule has 47 heavy (non-hydrogen) atoms. The Morgan fingerprint density at radius 1 is 0.872 bits per heavy atom. The number of esters is 1. The van der Waals surface area contributed by atoms with Crippen LogP contribution in [0.5, 0.6) is 0 Å². The Balaban J connectivity index is 1.47. The summed E-state index contributed by atoms with van der Waals surface area (Å²) in [7, 11) is 0. The van der Waals surface area contributed by atoms with Gasteiger partial charge >= 0.3 is 5.97 Å². The Bertz CT molecular complexity index is 1820. The van der Waals surface area contributed by atoms with E-state index in [-0.39, 0.29) is 28.5 Å². The molecule has 0 aromatic heterocycles. The van der Waals surface area contributed by atoms with E-state index in [9.17, 15) is 4.79 Å². The van der Waals surface area contributed by atoms with Gasteiger partial charge in [0, 0.05) is 23.1 Å². The molecule has 0 radical (unpaired) electrons. The standard InChI is InChI=1S/C38H36Cl2FN3O3/c1-36(2)16-18-37(19-17-36)38(25-21-42-28(40)20-27(25)43-35(38)46)29(24-14-9-15-26(39)30(24)41)32-34(45)47-33(23-12-7-4-8-13-23)31(44(32)37)22-10-5-3-6-11-22/h3-15,20,25,29,31-33H,16-19,21H2,1-2H3,(H,43,46)/t25?,29-,31+,32+,33-,38-/m0/s1. The summed E-state index contributed by atoms with van der Waals surface area (Å²) in [4.78, 5) is 36.9. The number of dihydropyridines is 1. The number of ether oxygens (including phenoxy) is 1. The Hall–Kier alpha value is -3.52. The van der Waals surface area contributed by atoms with Gasteiger partial charge in [0.1, 0.15) is 23.1 Å². The van der Waals surface area contributed by atoms with E-state index in [2.05, 4.69) is 41.2 Å². The molecule has 5 aliphatic rings. The number of carbonyl (C=O) groups is 2. The van der Waals surface area contributed by atoms with Crippen molar-refractivity contribution in [1.29, 1.82) is 0 Å². The zero-order valence-corrected chi connectivity index (χ0v) is 27.8. The van der Waals surface area contributed by atoms with Crippen LogP contribution in [0, 0.1) is 22.6 Å². The number of morpholine rings is 1. The van der Waals surface area contributed by atoms with Gasteiger partial charge in [0.15, 0.2) is 0 Å². The third-order valence-corrected chi connectivity index (χ3v) is 12.2. The van der Waals surface area contributed by atoms with E-state index in [1.807, 2.05) is 48.5 Å². The zero-order chi connectivity index (χ0) is 32.7. The van der Waals surface area contributed by atoms with Crippen molar-refractivity contribution in [1.82, 2.24) is 10.2 Å². The van der Waals surface area contributed by atoms with Crippen molar-refractivity contribution in [2.45, 2.75) is 69.2 Å². The molecule has 3 aromatic rings. The topological polar surface area (TPSA) is 71.0 Å². The smallest absolute Gasteiger partial charge is 0.324 e. The number of fused-ring (bicyclic) bond motifs is 5. The van der Waals surface area contributed by atoms with Gasteiger partial charge in [0.05, 0.1) is 23.0 Å². The van der Waals surface area contributed by atoms with Gasteiger partial charge < -0.3 is 10.1 Å². The number of allylic oxidation sites excluding steroid dienone is 1. The molecular formula is C38H36Cl2FN3O3. The van der Waals surface area contributed by atoms with Crippen molar-refractivity contribution < 1.29 is 18.7 Å². The highest BCUT2D eigenvalue weighted by Crippen LogP contribution is 2.72. The Kier molecular flexibility index (Phi) is 7.21. The predicted molar refractivity (Wildman–Crippen MR) is 180 cm³/mol. The average molecular weight is 673 g/mol. The van der Waals surface area contributed by atoms with Crippen molar-refractivity contribution in [2.75, 3.05) is 6.54 Å². The van der Waals surface area contributed by atoms with Gasteiger partial charge in [-0.25, -0.2) is 4.39 Å². The summed E-state index contributed by atoms with van der Waals surface area (Å²) in [5, 5.41) is 3.44. The van der Waals surface area contributed by atoms with Crippen molar-refractivity contribution in [3.05, 3.63) is 118 Å². The number of hydrogen-bond donors (Lipinski definition) is 1. The van der Waals surface area contributed by atoms with Gasteiger partial charge in [-0.15, -0.1) is 0 Å². The Labute approximate surface area is 284 Å². The van der Waals surface area contributed by atoms with Crippen LogP contribution < -0.4 is 5.32 Å². The van der Waals surface area contributed by atoms with Crippen LogP contribution in [0.15, 0.2) is 95.6 Å². The van der Waals surface area contributed by atoms with Crippen molar-refractivity contribution in [3.8, 4) is 0 Å². The van der Waals surface area contributed by atoms with Crippen molar-refractivity contribution >= 4 is 40.2 Å². The Morgan fingerprint density at radius 2 is 1.53 bits per heavy atom. The summed E-state index contributed by atoms with van der Waals surface area (Å²) in [5.74, 6) is -2.71. The number of amides is 1. The lowest BCUT2D eigenvalue weighted by Gasteiger charge is -2.58. The maximum atomic E-state index is 16.5. The first-order chi connectivity index (χ1) is 22.6. The molecule has 3 saturated heterocycles. The maximum absolute atomic E-state index is 16.5. The monoisotopic (exact) mass is 671 g/mol. The summed E-state index contributed by atoms with van der Waals surface area (Å²) >= 11 is 12.9. The van der Waals surface area contributed by atoms with Crippen LogP contribution in [-0.4, -0.2) is 40.1 Å². The second-order valence-electron chi connectivity index (χ2n) is 14.4. The fourth-order valence-corrected chi connectivity index (χ4v) is 10.1. The van der Waals surface area contributed by atoms with Crippen molar-refractivity contribution in [3.63, 3.8) is 0 Å². The molecule has 4 aliphatic heterocycles. The highest BCUT2D eigenvalue weighted by molar-refractivity contribution is 6.68. The summed E-state index contributed by atoms with van der Waals surface area (Å²) in [6, 6.07) is 23.3. The van der Waals surface area contributed by atoms with E-state index in [0.29, 0.717) is 23.7 Å². The molecule has 4 fully saturated rings. The summed E-state index contributed by atoms with van der Waals surface area (Å²) in [6.07, 6.45) is 3.94. The number of rotatable bonds is 3. The van der Waals surface area contributed by atoms with Crippen molar-refractivity contribution in [2.24, 2.45) is 21.7 Å². The fraction of sp³-hybridized carbons (Fsp3) is 0.395. The molecule has 1 saturated carbocycles. The largest absolute Gasteiger partial charge is 0.454 e. The van der Waals surface area contributed by atoms with Gasteiger partial charge in [-0.2, -0.15) is 0 Å². The number of nitrogens with one attached hydrogen (secondary N) is 1. The molecule has 8 rings (SSSR count). The molecule has 0 bridgehead atoms. The maximum Gasteiger partial charge on any atom is 0.324 e. The number of halogens is 3. The van der Waals surface area contributed by atoms with Crippen LogP contribution in [0.2, 0.25) is 5.02 Å². The molecule has 1 N–H and O–H groups in total. The first kappa shape index (κ1) is 30.8. The van der Waals surface area contributed by atoms with Crippen LogP contribution in [-0.2, 0) is 14.3 Å². The summed E-state index contributed by atoms with van der Waals surface area (Å²) < 4.78 is 23.0. The molecule has 1 aliphatic carbocycles. The van der Waals surface area contributed by atoms with E-state index in [4.69, 9.17) is 27.9 Å². The Morgan fingerprint density at radius 3 is 2.21 bits per heavy atom. The molecule has 6 nitrogen and oxygen atoms in total. The number of aliphatic imine (C=N–C) groups is 1. The lowest BCUT2D eigenvalue weighted by molar-refractivity contribution is -0.186. The molecule has 6 atom stereocenters. The SMILES string of the molecule is CC1(C)CCC2(CC1)N1[C@H](c3ccccc3)[C@H](c3ccccc3)OC(=O)[C@H]1[C@H](c1cccc(Cl)c1F)[C@@]21C(=O)NC2=CC(Cl)=NCC21. The third-order valence-electron chi connectivity index (χ3n) is 11.7. The number of hydrogen-bond acceptors (Lipinski definition) is 5. The van der Waals surface area contributed by atoms with Crippen LogP contribution in [0.1, 0.15) is 74.3 Å². The lowest BCUT2D eigenvalue weighted by atomic mass is 9.51. The quantitative estimate of drug-likeness (QED) is 0.288. The van der Waals surface area contributed by atoms with E-state index < -0.39 is 52.8 Å². The summed E-state index contributed by atoms with van der Waals surface area (Å²) in [6.45, 7) is 4.74. The second-order valence-corrected chi connectivity index (χ2v) is 15.2. The van der Waals surface area contributed by atoms with Gasteiger partial charge in [0.2, 0.25) is 5.91 Å². The lowest BCUT2D eigenvalue weighted by Crippen LogP contribution is -2.64. The number of benzene rings is 3. The molecule has 1 amide bonds. The third kappa shape index (κ3) is 4.35. The van der Waals surface area contributed by atoms with Gasteiger partial charge in [-0.05, 0) is 59.9 Å². The van der Waals surface area contributed by atoms with Crippen LogP contribution in [0.3, 0.4) is 0 Å². The minimum atomic E-state index is -1.29. The van der Waals surface area contributed by atoms with Crippen LogP contribution in [0.25, 0.3) is 0 Å². The first-order valence-corrected chi connectivity index (χ1v) is 17.1. The normalized spacial score (nSPS) is 32.3. The zero-order valence-electron chi connectivity index (χ0n) is 26.3. The predicted octanol–water partition coefficient (Wildman–Crippen LogP) is 7.89. The second kappa shape index (κ2) is 11.0. The summed E-state index contributed by atoms with van der Waals surface area (Å²) in [5.41, 5.74) is 0.582. The molecule has 2 spiro atoms. The van der Waals surface area contributed by atoms with Crippen LogP contribution in [0.4, 0.5) is 4.39 Å². The first-order valence-electron chi connectivity index (χ1n) is 16.3. The van der Waals surface area contributed by atoms with E-state index >= 15 is 9.18 Å². The fourth-order valence-electron chi connectivity index (χ4n) is 9.69. The number of cyclic esters (lactones) is 1. The molecular weight excluding hydrogens is 636 g/mol. The minimum Gasteiger partial charge on any atom is -0.454 e. The highest BCUT2D eigenvalue weighted by Gasteiger charge is 2.80. The van der Waals surface area contributed by atoms with Gasteiger partial charge in [-0.1, -0.05) is 110 Å². The molecule has 3 aromatic carbocycles. The number of nitrogens with zero attached hydrogens (tertiary/aromatic N) is 2. The molecule has 242 valence electrons. The van der Waals surface area contributed by atoms with Crippen LogP contribution >= 0.6 is 23.2 Å². The average Bonchev–Trinajstić information content (AvgIpc) is 3.50. The van der Waals surface area contributed by atoms with E-state index in [1.54, 1.807) is 18.2 Å². The number of carbonyl (C=O) groups excluding carboxylic acids is 2. The van der Waals surface area contributed by atoms with E-state index in [1.165, 1.54) is 6.07 Å². The molecule has 9 heteroatoms. The van der Waals surface area contributed by atoms with Gasteiger partial charge in [-0.3, -0.25) is 19.5 Å². The van der Waals surface area contributed by atoms with Gasteiger partial charge in [0.25, 0.3) is 0 Å². The molecule has 1 unspecified atom stereocenters.